The lowest BCUT2D eigenvalue weighted by molar-refractivity contribution is 1.05. The van der Waals surface area contributed by atoms with E-state index in [2.05, 4.69) is 26.1 Å². The Morgan fingerprint density at radius 2 is 2.00 bits per heavy atom. The van der Waals surface area contributed by atoms with Crippen LogP contribution in [0.15, 0.2) is 22.7 Å². The Morgan fingerprint density at radius 1 is 1.27 bits per heavy atom. The Balaban J connectivity index is 2.55. The molecule has 0 aliphatic carbocycles. The van der Waals surface area contributed by atoms with Crippen LogP contribution < -0.4 is 0 Å². The number of aryl methyl sites for hydroxylation is 1. The molecule has 0 aliphatic rings. The maximum Gasteiger partial charge on any atom is 0.107 e. The van der Waals surface area contributed by atoms with Crippen LogP contribution in [0.5, 0.6) is 0 Å². The van der Waals surface area contributed by atoms with Crippen molar-refractivity contribution in [2.75, 3.05) is 0 Å². The van der Waals surface area contributed by atoms with E-state index in [1.54, 1.807) is 12.1 Å². The number of rotatable bonds is 1. The van der Waals surface area contributed by atoms with Crippen molar-refractivity contribution in [3.05, 3.63) is 38.4 Å². The standard InChI is InChI=1S/C10H7BrCl2N2/c1-5-9(11)10(15-14-5)6-2-3-7(12)8(13)4-6/h2-4H,1H3,(H,14,15). The number of benzene rings is 1. The summed E-state index contributed by atoms with van der Waals surface area (Å²) >= 11 is 15.2. The average Bonchev–Trinajstić information content (AvgIpc) is 2.53. The van der Waals surface area contributed by atoms with Gasteiger partial charge in [0.05, 0.1) is 14.5 Å². The number of hydrogen-bond acceptors (Lipinski definition) is 1. The summed E-state index contributed by atoms with van der Waals surface area (Å²) in [6, 6.07) is 5.44. The highest BCUT2D eigenvalue weighted by Crippen LogP contribution is 2.32. The summed E-state index contributed by atoms with van der Waals surface area (Å²) in [6.07, 6.45) is 0. The molecule has 1 aromatic carbocycles. The average molecular weight is 306 g/mol. The fourth-order valence-electron chi connectivity index (χ4n) is 1.25. The van der Waals surface area contributed by atoms with Crippen molar-refractivity contribution in [3.8, 4) is 11.3 Å². The molecule has 15 heavy (non-hydrogen) atoms. The van der Waals surface area contributed by atoms with Gasteiger partial charge in [0.2, 0.25) is 0 Å². The molecule has 2 aromatic rings. The molecule has 1 aromatic heterocycles. The fraction of sp³-hybridized carbons (Fsp3) is 0.100. The van der Waals surface area contributed by atoms with Crippen LogP contribution in [0.4, 0.5) is 0 Å². The SMILES string of the molecule is Cc1[nH]nc(-c2ccc(Cl)c(Cl)c2)c1Br. The van der Waals surface area contributed by atoms with Gasteiger partial charge in [-0.2, -0.15) is 5.10 Å². The van der Waals surface area contributed by atoms with Crippen LogP contribution in [-0.2, 0) is 0 Å². The quantitative estimate of drug-likeness (QED) is 0.828. The van der Waals surface area contributed by atoms with E-state index < -0.39 is 0 Å². The van der Waals surface area contributed by atoms with Crippen LogP contribution >= 0.6 is 39.1 Å². The molecule has 0 fully saturated rings. The summed E-state index contributed by atoms with van der Waals surface area (Å²) < 4.78 is 0.945. The van der Waals surface area contributed by atoms with E-state index >= 15 is 0 Å². The number of H-pyrrole nitrogens is 1. The highest BCUT2D eigenvalue weighted by molar-refractivity contribution is 9.10. The van der Waals surface area contributed by atoms with Crippen LogP contribution in [0, 0.1) is 6.92 Å². The Morgan fingerprint density at radius 3 is 2.53 bits per heavy atom. The van der Waals surface area contributed by atoms with Gasteiger partial charge in [0.25, 0.3) is 0 Å². The van der Waals surface area contributed by atoms with Crippen LogP contribution in [-0.4, -0.2) is 10.2 Å². The van der Waals surface area contributed by atoms with Crippen molar-refractivity contribution < 1.29 is 0 Å². The monoisotopic (exact) mass is 304 g/mol. The van der Waals surface area contributed by atoms with Crippen LogP contribution in [0.2, 0.25) is 10.0 Å². The molecule has 2 rings (SSSR count). The highest BCUT2D eigenvalue weighted by Gasteiger charge is 2.10. The van der Waals surface area contributed by atoms with Gasteiger partial charge < -0.3 is 0 Å². The molecule has 0 unspecified atom stereocenters. The maximum absolute atomic E-state index is 5.94. The second kappa shape index (κ2) is 4.16. The van der Waals surface area contributed by atoms with E-state index in [1.807, 2.05) is 13.0 Å². The smallest absolute Gasteiger partial charge is 0.107 e. The van der Waals surface area contributed by atoms with Gasteiger partial charge in [0.1, 0.15) is 5.69 Å². The van der Waals surface area contributed by atoms with Crippen LogP contribution in [0.1, 0.15) is 5.69 Å². The van der Waals surface area contributed by atoms with E-state index in [9.17, 15) is 0 Å². The molecule has 0 atom stereocenters. The van der Waals surface area contributed by atoms with Gasteiger partial charge in [0, 0.05) is 11.3 Å². The fourth-order valence-corrected chi connectivity index (χ4v) is 1.95. The summed E-state index contributed by atoms with van der Waals surface area (Å²) in [5.41, 5.74) is 2.75. The lowest BCUT2D eigenvalue weighted by Crippen LogP contribution is -1.79. The molecule has 0 bridgehead atoms. The number of halogens is 3. The van der Waals surface area contributed by atoms with E-state index in [4.69, 9.17) is 23.2 Å². The molecule has 5 heteroatoms. The largest absolute Gasteiger partial charge is 0.281 e. The first-order valence-corrected chi connectivity index (χ1v) is 5.80. The Bertz CT molecular complexity index is 508. The number of nitrogens with zero attached hydrogens (tertiary/aromatic N) is 1. The Labute approximate surface area is 106 Å². The molecule has 0 amide bonds. The van der Waals surface area contributed by atoms with Gasteiger partial charge in [-0.1, -0.05) is 29.3 Å². The molecule has 2 nitrogen and oxygen atoms in total. The van der Waals surface area contributed by atoms with Gasteiger partial charge >= 0.3 is 0 Å². The molecule has 1 N–H and O–H groups in total. The summed E-state index contributed by atoms with van der Waals surface area (Å²) in [6.45, 7) is 1.94. The molecule has 0 radical (unpaired) electrons. The van der Waals surface area contributed by atoms with E-state index in [-0.39, 0.29) is 0 Å². The van der Waals surface area contributed by atoms with Crippen LogP contribution in [0.25, 0.3) is 11.3 Å². The molecule has 0 spiro atoms. The second-order valence-corrected chi connectivity index (χ2v) is 4.75. The summed E-state index contributed by atoms with van der Waals surface area (Å²) in [4.78, 5) is 0. The molecular weight excluding hydrogens is 299 g/mol. The molecule has 78 valence electrons. The summed E-state index contributed by atoms with van der Waals surface area (Å²) in [5, 5.41) is 8.15. The third-order valence-corrected chi connectivity index (χ3v) is 3.77. The lowest BCUT2D eigenvalue weighted by Gasteiger charge is -2.00. The third kappa shape index (κ3) is 2.05. The lowest BCUT2D eigenvalue weighted by atomic mass is 10.1. The minimum Gasteiger partial charge on any atom is -0.281 e. The van der Waals surface area contributed by atoms with Crippen molar-refractivity contribution in [1.82, 2.24) is 10.2 Å². The summed E-state index contributed by atoms with van der Waals surface area (Å²) in [7, 11) is 0. The van der Waals surface area contributed by atoms with E-state index in [1.165, 1.54) is 0 Å². The number of aromatic nitrogens is 2. The zero-order valence-electron chi connectivity index (χ0n) is 7.81. The molecule has 0 saturated heterocycles. The van der Waals surface area contributed by atoms with Gasteiger partial charge in [0.15, 0.2) is 0 Å². The topological polar surface area (TPSA) is 28.7 Å². The predicted octanol–water partition coefficient (Wildman–Crippen LogP) is 4.45. The summed E-state index contributed by atoms with van der Waals surface area (Å²) in [5.74, 6) is 0. The second-order valence-electron chi connectivity index (χ2n) is 3.14. The zero-order chi connectivity index (χ0) is 11.0. The highest BCUT2D eigenvalue weighted by atomic mass is 79.9. The molecule has 0 saturated carbocycles. The number of aromatic amines is 1. The maximum atomic E-state index is 5.94. The molecule has 0 aliphatic heterocycles. The minimum absolute atomic E-state index is 0.529. The van der Waals surface area contributed by atoms with Gasteiger partial charge in [-0.15, -0.1) is 0 Å². The Hall–Kier alpha value is -0.510. The molecule has 1 heterocycles. The molecular formula is C10H7BrCl2N2. The van der Waals surface area contributed by atoms with Crippen molar-refractivity contribution >= 4 is 39.1 Å². The minimum atomic E-state index is 0.529. The van der Waals surface area contributed by atoms with E-state index in [0.717, 1.165) is 21.4 Å². The van der Waals surface area contributed by atoms with Crippen molar-refractivity contribution in [2.45, 2.75) is 6.92 Å². The van der Waals surface area contributed by atoms with Crippen molar-refractivity contribution in [2.24, 2.45) is 0 Å². The first-order valence-electron chi connectivity index (χ1n) is 4.25. The van der Waals surface area contributed by atoms with Gasteiger partial charge in [-0.25, -0.2) is 0 Å². The van der Waals surface area contributed by atoms with Gasteiger partial charge in [-0.05, 0) is 35.0 Å². The van der Waals surface area contributed by atoms with Crippen molar-refractivity contribution in [3.63, 3.8) is 0 Å². The van der Waals surface area contributed by atoms with Crippen LogP contribution in [0.3, 0.4) is 0 Å². The first-order chi connectivity index (χ1) is 7.09. The van der Waals surface area contributed by atoms with Crippen molar-refractivity contribution in [1.29, 1.82) is 0 Å². The number of hydrogen-bond donors (Lipinski definition) is 1. The zero-order valence-corrected chi connectivity index (χ0v) is 10.9. The van der Waals surface area contributed by atoms with E-state index in [0.29, 0.717) is 10.0 Å². The predicted molar refractivity (Wildman–Crippen MR) is 66.5 cm³/mol. The normalized spacial score (nSPS) is 10.7. The third-order valence-electron chi connectivity index (χ3n) is 2.07. The Kier molecular flexibility index (Phi) is 3.05. The number of nitrogens with one attached hydrogen (secondary N) is 1. The van der Waals surface area contributed by atoms with Gasteiger partial charge in [-0.3, -0.25) is 5.10 Å². The first kappa shape index (κ1) is 11.0.